The van der Waals surface area contributed by atoms with Crippen LogP contribution in [0.5, 0.6) is 0 Å². The van der Waals surface area contributed by atoms with E-state index in [1.807, 2.05) is 20.8 Å². The summed E-state index contributed by atoms with van der Waals surface area (Å²) in [5, 5.41) is 0. The predicted octanol–water partition coefficient (Wildman–Crippen LogP) is 3.99. The summed E-state index contributed by atoms with van der Waals surface area (Å²) in [6.07, 6.45) is 4.76. The van der Waals surface area contributed by atoms with Gasteiger partial charge in [0.05, 0.1) is 0 Å². The van der Waals surface area contributed by atoms with Crippen LogP contribution in [0.3, 0.4) is 0 Å². The number of Topliss-reactive ketones (excluding diaryl/α,β-unsaturated/α-hetero) is 2. The molecule has 1 aliphatic rings. The lowest BCUT2D eigenvalue weighted by molar-refractivity contribution is -0.136. The van der Waals surface area contributed by atoms with Crippen LogP contribution in [0.4, 0.5) is 0 Å². The molecule has 1 aliphatic carbocycles. The number of aliphatic imine (C=N–C) groups is 1. The van der Waals surface area contributed by atoms with E-state index < -0.39 is 5.92 Å². The summed E-state index contributed by atoms with van der Waals surface area (Å²) in [5.74, 6) is -0.405. The monoisotopic (exact) mass is 279 g/mol. The van der Waals surface area contributed by atoms with Crippen LogP contribution in [0, 0.1) is 11.3 Å². The van der Waals surface area contributed by atoms with E-state index in [9.17, 15) is 9.59 Å². The van der Waals surface area contributed by atoms with Gasteiger partial charge in [0, 0.05) is 24.6 Å². The quantitative estimate of drug-likeness (QED) is 0.545. The maximum absolute atomic E-state index is 12.4. The highest BCUT2D eigenvalue weighted by molar-refractivity contribution is 6.22. The Labute approximate surface area is 123 Å². The topological polar surface area (TPSA) is 46.5 Å². The molecule has 20 heavy (non-hydrogen) atoms. The third-order valence-electron chi connectivity index (χ3n) is 4.05. The molecule has 0 aliphatic heterocycles. The van der Waals surface area contributed by atoms with Gasteiger partial charge in [0.2, 0.25) is 0 Å². The predicted molar refractivity (Wildman–Crippen MR) is 83.2 cm³/mol. The molecule has 1 rings (SSSR count). The Hall–Kier alpha value is -0.990. The number of carbonyl (C=O) groups excluding carboxylic acids is 2. The fourth-order valence-electron chi connectivity index (χ4n) is 2.78. The Bertz CT molecular complexity index is 376. The molecule has 0 radical (unpaired) electrons. The fraction of sp³-hybridized carbons (Fsp3) is 0.824. The highest BCUT2D eigenvalue weighted by atomic mass is 16.2. The van der Waals surface area contributed by atoms with Crippen LogP contribution in [0.15, 0.2) is 4.99 Å². The molecule has 0 unspecified atom stereocenters. The van der Waals surface area contributed by atoms with Gasteiger partial charge in [0.25, 0.3) is 0 Å². The van der Waals surface area contributed by atoms with E-state index in [0.717, 1.165) is 31.4 Å². The standard InChI is InChI=1S/C17H29NO2/c1-6-8-9-13(18-12(3)7-2)16-14(19)10-17(4,5)11-15(16)20/h12,16H,6-11H2,1-5H3/t12-/m1/s1. The number of ketones is 2. The molecule has 3 nitrogen and oxygen atoms in total. The van der Waals surface area contributed by atoms with Gasteiger partial charge in [-0.1, -0.05) is 34.1 Å². The zero-order valence-corrected chi connectivity index (χ0v) is 13.7. The van der Waals surface area contributed by atoms with Crippen LogP contribution in [0.1, 0.15) is 73.1 Å². The van der Waals surface area contributed by atoms with Gasteiger partial charge in [-0.3, -0.25) is 14.6 Å². The molecule has 0 amide bonds. The van der Waals surface area contributed by atoms with E-state index in [0.29, 0.717) is 12.8 Å². The van der Waals surface area contributed by atoms with Crippen LogP contribution in [-0.4, -0.2) is 23.3 Å². The molecular weight excluding hydrogens is 250 g/mol. The van der Waals surface area contributed by atoms with Crippen LogP contribution >= 0.6 is 0 Å². The molecule has 1 saturated carbocycles. The first-order valence-corrected chi connectivity index (χ1v) is 7.92. The van der Waals surface area contributed by atoms with E-state index in [1.54, 1.807) is 0 Å². The summed E-state index contributed by atoms with van der Waals surface area (Å²) in [5.41, 5.74) is 0.656. The smallest absolute Gasteiger partial charge is 0.149 e. The Morgan fingerprint density at radius 2 is 1.80 bits per heavy atom. The molecule has 0 aromatic heterocycles. The number of carbonyl (C=O) groups is 2. The van der Waals surface area contributed by atoms with Gasteiger partial charge in [-0.25, -0.2) is 0 Å². The average Bonchev–Trinajstić information content (AvgIpc) is 2.32. The summed E-state index contributed by atoms with van der Waals surface area (Å²) >= 11 is 0. The number of unbranched alkanes of at least 4 members (excludes halogenated alkanes) is 1. The first-order chi connectivity index (χ1) is 9.30. The van der Waals surface area contributed by atoms with Gasteiger partial charge in [-0.2, -0.15) is 0 Å². The van der Waals surface area contributed by atoms with Gasteiger partial charge >= 0.3 is 0 Å². The van der Waals surface area contributed by atoms with Crippen molar-refractivity contribution in [2.45, 2.75) is 79.2 Å². The SMILES string of the molecule is CCCCC(=N[C@H](C)CC)C1C(=O)CC(C)(C)CC1=O. The van der Waals surface area contributed by atoms with Crippen LogP contribution in [0.25, 0.3) is 0 Å². The zero-order chi connectivity index (χ0) is 15.3. The second-order valence-electron chi connectivity index (χ2n) is 6.86. The maximum Gasteiger partial charge on any atom is 0.149 e. The van der Waals surface area contributed by atoms with Crippen LogP contribution < -0.4 is 0 Å². The molecule has 114 valence electrons. The van der Waals surface area contributed by atoms with E-state index in [2.05, 4.69) is 18.8 Å². The fourth-order valence-corrected chi connectivity index (χ4v) is 2.78. The molecule has 0 N–H and O–H groups in total. The van der Waals surface area contributed by atoms with Crippen LogP contribution in [-0.2, 0) is 9.59 Å². The molecule has 1 atom stereocenters. The first kappa shape index (κ1) is 17.1. The largest absolute Gasteiger partial charge is 0.298 e. The first-order valence-electron chi connectivity index (χ1n) is 7.92. The van der Waals surface area contributed by atoms with E-state index in [-0.39, 0.29) is 23.0 Å². The molecule has 0 bridgehead atoms. The molecule has 1 fully saturated rings. The van der Waals surface area contributed by atoms with Gasteiger partial charge in [-0.15, -0.1) is 0 Å². The zero-order valence-electron chi connectivity index (χ0n) is 13.7. The maximum atomic E-state index is 12.4. The molecule has 0 aromatic carbocycles. The number of hydrogen-bond donors (Lipinski definition) is 0. The highest BCUT2D eigenvalue weighted by Crippen LogP contribution is 2.35. The van der Waals surface area contributed by atoms with E-state index >= 15 is 0 Å². The Morgan fingerprint density at radius 1 is 1.25 bits per heavy atom. The van der Waals surface area contributed by atoms with Crippen LogP contribution in [0.2, 0.25) is 0 Å². The molecule has 0 spiro atoms. The highest BCUT2D eigenvalue weighted by Gasteiger charge is 2.41. The lowest BCUT2D eigenvalue weighted by Gasteiger charge is -2.32. The minimum atomic E-state index is -0.552. The van der Waals surface area contributed by atoms with Gasteiger partial charge in [0.1, 0.15) is 17.5 Å². The van der Waals surface area contributed by atoms with Crippen molar-refractivity contribution in [2.75, 3.05) is 0 Å². The summed E-state index contributed by atoms with van der Waals surface area (Å²) in [6.45, 7) is 10.2. The van der Waals surface area contributed by atoms with Crippen molar-refractivity contribution in [3.63, 3.8) is 0 Å². The summed E-state index contributed by atoms with van der Waals surface area (Å²) in [4.78, 5) is 29.5. The van der Waals surface area contributed by atoms with Crippen molar-refractivity contribution in [2.24, 2.45) is 16.3 Å². The number of nitrogens with zero attached hydrogens (tertiary/aromatic N) is 1. The third-order valence-corrected chi connectivity index (χ3v) is 4.05. The molecular formula is C17H29NO2. The summed E-state index contributed by atoms with van der Waals surface area (Å²) in [7, 11) is 0. The molecule has 0 heterocycles. The second-order valence-corrected chi connectivity index (χ2v) is 6.86. The minimum Gasteiger partial charge on any atom is -0.298 e. The van der Waals surface area contributed by atoms with Crippen molar-refractivity contribution in [1.29, 1.82) is 0 Å². The summed E-state index contributed by atoms with van der Waals surface area (Å²) in [6, 6.07) is 0.192. The normalized spacial score (nSPS) is 22.1. The minimum absolute atomic E-state index is 0.0735. The molecule has 0 aromatic rings. The van der Waals surface area contributed by atoms with Crippen molar-refractivity contribution >= 4 is 17.3 Å². The lowest BCUT2D eigenvalue weighted by atomic mass is 9.69. The lowest BCUT2D eigenvalue weighted by Crippen LogP contribution is -2.42. The Kier molecular flexibility index (Phi) is 6.09. The Balaban J connectivity index is 2.98. The average molecular weight is 279 g/mol. The van der Waals surface area contributed by atoms with Gasteiger partial charge in [-0.05, 0) is 31.6 Å². The third kappa shape index (κ3) is 4.53. The number of hydrogen-bond acceptors (Lipinski definition) is 3. The van der Waals surface area contributed by atoms with Gasteiger partial charge in [0.15, 0.2) is 0 Å². The van der Waals surface area contributed by atoms with E-state index in [4.69, 9.17) is 0 Å². The van der Waals surface area contributed by atoms with Crippen molar-refractivity contribution < 1.29 is 9.59 Å². The molecule has 0 saturated heterocycles. The van der Waals surface area contributed by atoms with Crippen molar-refractivity contribution in [1.82, 2.24) is 0 Å². The Morgan fingerprint density at radius 3 is 2.25 bits per heavy atom. The van der Waals surface area contributed by atoms with Crippen molar-refractivity contribution in [3.8, 4) is 0 Å². The number of rotatable bonds is 6. The van der Waals surface area contributed by atoms with E-state index in [1.165, 1.54) is 0 Å². The van der Waals surface area contributed by atoms with Gasteiger partial charge < -0.3 is 0 Å². The summed E-state index contributed by atoms with van der Waals surface area (Å²) < 4.78 is 0. The molecule has 3 heteroatoms. The second kappa shape index (κ2) is 7.14. The van der Waals surface area contributed by atoms with Crippen molar-refractivity contribution in [3.05, 3.63) is 0 Å².